The normalized spacial score (nSPS) is 11.1. The summed E-state index contributed by atoms with van der Waals surface area (Å²) in [6.07, 6.45) is 0. The van der Waals surface area contributed by atoms with Gasteiger partial charge in [0.15, 0.2) is 0 Å². The van der Waals surface area contributed by atoms with Crippen LogP contribution < -0.4 is 4.74 Å². The standard InChI is InChI=1S/C13H15ClN2O6/c1-7-9(15(18)19)5-8(13(2,3)4)12(11(7)16(20)21)22-10(17)6-14/h5H,6H2,1-4H3. The van der Waals surface area contributed by atoms with Crippen molar-refractivity contribution in [3.8, 4) is 5.75 Å². The molecule has 0 heterocycles. The maximum absolute atomic E-state index is 11.5. The smallest absolute Gasteiger partial charge is 0.326 e. The predicted octanol–water partition coefficient (Wildman–Crippen LogP) is 3.25. The van der Waals surface area contributed by atoms with Gasteiger partial charge in [0.25, 0.3) is 5.69 Å². The van der Waals surface area contributed by atoms with Gasteiger partial charge in [0.05, 0.1) is 9.85 Å². The zero-order chi connectivity index (χ0) is 17.2. The molecule has 0 N–H and O–H groups in total. The third-order valence-electron chi connectivity index (χ3n) is 2.99. The summed E-state index contributed by atoms with van der Waals surface area (Å²) in [6, 6.07) is 1.19. The average Bonchev–Trinajstić information content (AvgIpc) is 2.36. The number of alkyl halides is 1. The van der Waals surface area contributed by atoms with Gasteiger partial charge in [-0.2, -0.15) is 0 Å². The van der Waals surface area contributed by atoms with Gasteiger partial charge in [-0.15, -0.1) is 11.6 Å². The lowest BCUT2D eigenvalue weighted by atomic mass is 9.84. The van der Waals surface area contributed by atoms with E-state index in [9.17, 15) is 25.0 Å². The molecule has 0 fully saturated rings. The van der Waals surface area contributed by atoms with Gasteiger partial charge in [-0.05, 0) is 12.3 Å². The lowest BCUT2D eigenvalue weighted by Gasteiger charge is -2.22. The minimum atomic E-state index is -0.872. The van der Waals surface area contributed by atoms with Gasteiger partial charge in [0.1, 0.15) is 11.4 Å². The molecule has 120 valence electrons. The molecule has 22 heavy (non-hydrogen) atoms. The highest BCUT2D eigenvalue weighted by Gasteiger charge is 2.35. The number of carbonyl (C=O) groups excluding carboxylic acids is 1. The summed E-state index contributed by atoms with van der Waals surface area (Å²) in [5, 5.41) is 22.4. The second kappa shape index (κ2) is 6.27. The van der Waals surface area contributed by atoms with E-state index in [1.54, 1.807) is 20.8 Å². The lowest BCUT2D eigenvalue weighted by molar-refractivity contribution is -0.395. The zero-order valence-corrected chi connectivity index (χ0v) is 13.3. The molecule has 1 aromatic rings. The van der Waals surface area contributed by atoms with Crippen LogP contribution in [-0.4, -0.2) is 21.7 Å². The Labute approximate surface area is 131 Å². The second-order valence-electron chi connectivity index (χ2n) is 5.62. The summed E-state index contributed by atoms with van der Waals surface area (Å²) < 4.78 is 4.99. The van der Waals surface area contributed by atoms with Crippen LogP contribution in [0.4, 0.5) is 11.4 Å². The van der Waals surface area contributed by atoms with Crippen molar-refractivity contribution in [3.05, 3.63) is 37.4 Å². The van der Waals surface area contributed by atoms with Gasteiger partial charge in [-0.3, -0.25) is 25.0 Å². The minimum Gasteiger partial charge on any atom is -0.418 e. The molecule has 9 heteroatoms. The van der Waals surface area contributed by atoms with Gasteiger partial charge >= 0.3 is 11.7 Å². The van der Waals surface area contributed by atoms with Crippen LogP contribution >= 0.6 is 11.6 Å². The van der Waals surface area contributed by atoms with E-state index in [0.717, 1.165) is 0 Å². The number of ether oxygens (including phenoxy) is 1. The van der Waals surface area contributed by atoms with E-state index >= 15 is 0 Å². The van der Waals surface area contributed by atoms with Crippen molar-refractivity contribution in [3.63, 3.8) is 0 Å². The molecule has 0 aliphatic heterocycles. The SMILES string of the molecule is Cc1c([N+](=O)[O-])cc(C(C)(C)C)c(OC(=O)CCl)c1[N+](=O)[O-]. The highest BCUT2D eigenvalue weighted by atomic mass is 35.5. The number of nitro benzene ring substituents is 2. The molecular weight excluding hydrogens is 316 g/mol. The van der Waals surface area contributed by atoms with Gasteiger partial charge < -0.3 is 4.74 Å². The van der Waals surface area contributed by atoms with Crippen LogP contribution in [0, 0.1) is 27.2 Å². The van der Waals surface area contributed by atoms with Crippen molar-refractivity contribution in [2.24, 2.45) is 0 Å². The van der Waals surface area contributed by atoms with Gasteiger partial charge in [-0.25, -0.2) is 0 Å². The van der Waals surface area contributed by atoms with Crippen LogP contribution in [0.1, 0.15) is 31.9 Å². The Hall–Kier alpha value is -2.22. The molecule has 0 aromatic heterocycles. The molecule has 0 aliphatic rings. The zero-order valence-electron chi connectivity index (χ0n) is 12.5. The molecule has 0 radical (unpaired) electrons. The fourth-order valence-electron chi connectivity index (χ4n) is 1.94. The number of carbonyl (C=O) groups is 1. The fraction of sp³-hybridized carbons (Fsp3) is 0.462. The number of rotatable bonds is 4. The molecule has 8 nitrogen and oxygen atoms in total. The summed E-state index contributed by atoms with van der Waals surface area (Å²) >= 11 is 5.37. The number of benzene rings is 1. The summed E-state index contributed by atoms with van der Waals surface area (Å²) in [4.78, 5) is 32.4. The van der Waals surface area contributed by atoms with Crippen molar-refractivity contribution in [1.82, 2.24) is 0 Å². The van der Waals surface area contributed by atoms with Crippen LogP contribution in [-0.2, 0) is 10.2 Å². The van der Waals surface area contributed by atoms with Crippen molar-refractivity contribution >= 4 is 28.9 Å². The second-order valence-corrected chi connectivity index (χ2v) is 5.89. The lowest BCUT2D eigenvalue weighted by Crippen LogP contribution is -2.19. The van der Waals surface area contributed by atoms with Crippen LogP contribution in [0.15, 0.2) is 6.07 Å². The molecule has 0 saturated heterocycles. The first-order chi connectivity index (χ1) is 10.0. The van der Waals surface area contributed by atoms with Crippen LogP contribution in [0.25, 0.3) is 0 Å². The largest absolute Gasteiger partial charge is 0.418 e. The molecule has 1 aromatic carbocycles. The molecule has 0 spiro atoms. The Kier molecular flexibility index (Phi) is 5.08. The molecule has 0 aliphatic carbocycles. The van der Waals surface area contributed by atoms with Crippen LogP contribution in [0.2, 0.25) is 0 Å². The van der Waals surface area contributed by atoms with Crippen molar-refractivity contribution in [1.29, 1.82) is 0 Å². The highest BCUT2D eigenvalue weighted by Crippen LogP contribution is 2.44. The molecule has 0 unspecified atom stereocenters. The van der Waals surface area contributed by atoms with Gasteiger partial charge in [0, 0.05) is 11.6 Å². The fourth-order valence-corrected chi connectivity index (χ4v) is 2.00. The molecule has 0 bridgehead atoms. The number of nitro groups is 2. The number of esters is 1. The van der Waals surface area contributed by atoms with Crippen molar-refractivity contribution < 1.29 is 19.4 Å². The number of halogens is 1. The highest BCUT2D eigenvalue weighted by molar-refractivity contribution is 6.26. The molecule has 0 amide bonds. The van der Waals surface area contributed by atoms with Crippen LogP contribution in [0.3, 0.4) is 0 Å². The maximum atomic E-state index is 11.5. The molecule has 0 atom stereocenters. The minimum absolute atomic E-state index is 0.180. The first-order valence-corrected chi connectivity index (χ1v) is 6.77. The average molecular weight is 331 g/mol. The van der Waals surface area contributed by atoms with Crippen molar-refractivity contribution in [2.75, 3.05) is 5.88 Å². The monoisotopic (exact) mass is 330 g/mol. The van der Waals surface area contributed by atoms with Crippen LogP contribution in [0.5, 0.6) is 5.75 Å². The summed E-state index contributed by atoms with van der Waals surface area (Å²) in [5.74, 6) is -1.66. The number of hydrogen-bond donors (Lipinski definition) is 0. The van der Waals surface area contributed by atoms with E-state index in [-0.39, 0.29) is 16.9 Å². The van der Waals surface area contributed by atoms with E-state index in [2.05, 4.69) is 0 Å². The Morgan fingerprint density at radius 3 is 2.18 bits per heavy atom. The topological polar surface area (TPSA) is 113 Å². The Balaban J connectivity index is 3.83. The maximum Gasteiger partial charge on any atom is 0.326 e. The first kappa shape index (κ1) is 17.8. The van der Waals surface area contributed by atoms with E-state index in [0.29, 0.717) is 0 Å². The van der Waals surface area contributed by atoms with E-state index in [1.807, 2.05) is 0 Å². The Bertz CT molecular complexity index is 651. The Morgan fingerprint density at radius 2 is 1.82 bits per heavy atom. The third-order valence-corrected chi connectivity index (χ3v) is 3.21. The summed E-state index contributed by atoms with van der Waals surface area (Å²) in [7, 11) is 0. The van der Waals surface area contributed by atoms with Gasteiger partial charge in [0.2, 0.25) is 5.75 Å². The summed E-state index contributed by atoms with van der Waals surface area (Å²) in [5.41, 5.74) is -1.71. The predicted molar refractivity (Wildman–Crippen MR) is 79.5 cm³/mol. The van der Waals surface area contributed by atoms with E-state index < -0.39 is 38.5 Å². The van der Waals surface area contributed by atoms with E-state index in [1.165, 1.54) is 13.0 Å². The third kappa shape index (κ3) is 3.51. The van der Waals surface area contributed by atoms with Gasteiger partial charge in [-0.1, -0.05) is 20.8 Å². The number of nitrogens with zero attached hydrogens (tertiary/aromatic N) is 2. The van der Waals surface area contributed by atoms with E-state index in [4.69, 9.17) is 16.3 Å². The first-order valence-electron chi connectivity index (χ1n) is 6.24. The molecule has 0 saturated carbocycles. The number of hydrogen-bond acceptors (Lipinski definition) is 6. The summed E-state index contributed by atoms with van der Waals surface area (Å²) in [6.45, 7) is 6.33. The Morgan fingerprint density at radius 1 is 1.27 bits per heavy atom. The van der Waals surface area contributed by atoms with Crippen molar-refractivity contribution in [2.45, 2.75) is 33.1 Å². The quantitative estimate of drug-likeness (QED) is 0.275. The molecule has 1 rings (SSSR count). The molecular formula is C13H15ClN2O6.